The number of carboxylic acid groups (broad SMARTS) is 1. The summed E-state index contributed by atoms with van der Waals surface area (Å²) in [7, 11) is -1.50. The maximum absolute atomic E-state index is 12.9. The van der Waals surface area contributed by atoms with Crippen LogP contribution < -0.4 is 0 Å². The van der Waals surface area contributed by atoms with E-state index in [1.54, 1.807) is 46.8 Å². The van der Waals surface area contributed by atoms with Gasteiger partial charge in [-0.3, -0.25) is 4.90 Å². The minimum absolute atomic E-state index is 0.612. The lowest BCUT2D eigenvalue weighted by Crippen LogP contribution is -2.47. The van der Waals surface area contributed by atoms with E-state index in [1.807, 2.05) is 12.1 Å². The van der Waals surface area contributed by atoms with Crippen molar-refractivity contribution in [2.24, 2.45) is 0 Å². The summed E-state index contributed by atoms with van der Waals surface area (Å²) in [5.74, 6) is 2.05. The van der Waals surface area contributed by atoms with Crippen LogP contribution in [0.2, 0.25) is 19.6 Å². The first-order valence-electron chi connectivity index (χ1n) is 9.67. The summed E-state index contributed by atoms with van der Waals surface area (Å²) >= 11 is 0. The second-order valence-corrected chi connectivity index (χ2v) is 14.5. The molecule has 0 spiro atoms. The molecule has 7 heteroatoms. The first-order chi connectivity index (χ1) is 13.1. The van der Waals surface area contributed by atoms with Crippen molar-refractivity contribution in [3.8, 4) is 11.5 Å². The van der Waals surface area contributed by atoms with Crippen LogP contribution in [0.1, 0.15) is 51.8 Å². The van der Waals surface area contributed by atoms with Gasteiger partial charge < -0.3 is 14.6 Å². The Labute approximate surface area is 174 Å². The highest BCUT2D eigenvalue weighted by molar-refractivity contribution is 6.83. The molecule has 0 aromatic heterocycles. The molecule has 0 radical (unpaired) electrons. The van der Waals surface area contributed by atoms with Gasteiger partial charge in [-0.05, 0) is 52.3 Å². The van der Waals surface area contributed by atoms with Crippen LogP contribution in [0.3, 0.4) is 0 Å². The molecule has 0 aliphatic carbocycles. The van der Waals surface area contributed by atoms with Crippen LogP contribution in [0, 0.1) is 11.5 Å². The summed E-state index contributed by atoms with van der Waals surface area (Å²) in [6, 6.07) is 6.49. The zero-order chi connectivity index (χ0) is 22.2. The van der Waals surface area contributed by atoms with E-state index in [0.29, 0.717) is 5.56 Å². The standard InChI is InChI=1S/C22H31NO5Si/c1-21(2,3)28-20(26)23-17(18(19(24)25)27-22(23,4)5)16-11-9-15(10-12-16)13-14-29(6,7)8/h9-12,17-18H,1-8H3,(H,24,25)/t17-,18+/m0/s1. The van der Waals surface area contributed by atoms with E-state index >= 15 is 0 Å². The fourth-order valence-corrected chi connectivity index (χ4v) is 3.60. The molecule has 2 rings (SSSR count). The molecule has 1 aromatic rings. The Morgan fingerprint density at radius 3 is 2.17 bits per heavy atom. The van der Waals surface area contributed by atoms with Gasteiger partial charge in [0, 0.05) is 5.56 Å². The van der Waals surface area contributed by atoms with Gasteiger partial charge >= 0.3 is 12.1 Å². The van der Waals surface area contributed by atoms with Crippen molar-refractivity contribution in [2.45, 2.75) is 77.7 Å². The Hall–Kier alpha value is -2.30. The summed E-state index contributed by atoms with van der Waals surface area (Å²) in [6.07, 6.45) is -1.81. The molecule has 1 fully saturated rings. The van der Waals surface area contributed by atoms with Crippen LogP contribution in [-0.4, -0.2) is 47.6 Å². The SMILES string of the molecule is CC(C)(C)OC(=O)N1[C@@H](c2ccc(C#C[Si](C)(C)C)cc2)[C@H](C(=O)O)OC1(C)C. The molecular weight excluding hydrogens is 386 g/mol. The van der Waals surface area contributed by atoms with Gasteiger partial charge in [-0.2, -0.15) is 0 Å². The second kappa shape index (κ2) is 7.85. The molecule has 1 aliphatic rings. The number of ether oxygens (including phenoxy) is 2. The second-order valence-electron chi connectivity index (χ2n) is 9.74. The molecule has 2 atom stereocenters. The molecule has 1 heterocycles. The molecule has 29 heavy (non-hydrogen) atoms. The molecule has 1 saturated heterocycles. The molecule has 158 valence electrons. The van der Waals surface area contributed by atoms with E-state index in [0.717, 1.165) is 5.56 Å². The van der Waals surface area contributed by atoms with Crippen molar-refractivity contribution in [1.82, 2.24) is 4.90 Å². The number of aliphatic carboxylic acids is 1. The smallest absolute Gasteiger partial charge is 0.413 e. The van der Waals surface area contributed by atoms with Gasteiger partial charge in [0.1, 0.15) is 25.4 Å². The Morgan fingerprint density at radius 2 is 1.72 bits per heavy atom. The van der Waals surface area contributed by atoms with Crippen LogP contribution in [0.5, 0.6) is 0 Å². The third kappa shape index (κ3) is 5.84. The van der Waals surface area contributed by atoms with Gasteiger partial charge in [0.15, 0.2) is 6.10 Å². The van der Waals surface area contributed by atoms with Crippen molar-refractivity contribution in [3.63, 3.8) is 0 Å². The number of nitrogens with zero attached hydrogens (tertiary/aromatic N) is 1. The van der Waals surface area contributed by atoms with Crippen LogP contribution in [0.4, 0.5) is 4.79 Å². The van der Waals surface area contributed by atoms with Gasteiger partial charge in [0.2, 0.25) is 0 Å². The van der Waals surface area contributed by atoms with Crippen LogP contribution in [-0.2, 0) is 14.3 Å². The first-order valence-corrected chi connectivity index (χ1v) is 13.2. The van der Waals surface area contributed by atoms with Crippen molar-refractivity contribution < 1.29 is 24.2 Å². The third-order valence-corrected chi connectivity index (χ3v) is 5.10. The summed E-state index contributed by atoms with van der Waals surface area (Å²) < 4.78 is 11.3. The fourth-order valence-electron chi connectivity index (χ4n) is 3.08. The predicted molar refractivity (Wildman–Crippen MR) is 114 cm³/mol. The lowest BCUT2D eigenvalue weighted by Gasteiger charge is -2.35. The molecule has 1 amide bonds. The lowest BCUT2D eigenvalue weighted by atomic mass is 9.99. The van der Waals surface area contributed by atoms with Crippen molar-refractivity contribution >= 4 is 20.1 Å². The number of benzene rings is 1. The summed E-state index contributed by atoms with van der Waals surface area (Å²) in [6.45, 7) is 15.1. The van der Waals surface area contributed by atoms with E-state index in [2.05, 4.69) is 31.1 Å². The van der Waals surface area contributed by atoms with Gasteiger partial charge in [0.05, 0.1) is 0 Å². The highest BCUT2D eigenvalue weighted by Gasteiger charge is 2.54. The first kappa shape index (κ1) is 23.0. The third-order valence-electron chi connectivity index (χ3n) is 4.23. The average Bonchev–Trinajstić information content (AvgIpc) is 2.83. The maximum Gasteiger partial charge on any atom is 0.413 e. The predicted octanol–water partition coefficient (Wildman–Crippen LogP) is 4.41. The molecule has 1 aliphatic heterocycles. The monoisotopic (exact) mass is 417 g/mol. The van der Waals surface area contributed by atoms with Gasteiger partial charge in [-0.15, -0.1) is 5.54 Å². The number of hydrogen-bond acceptors (Lipinski definition) is 4. The van der Waals surface area contributed by atoms with E-state index in [9.17, 15) is 14.7 Å². The highest BCUT2D eigenvalue weighted by Crippen LogP contribution is 2.42. The lowest BCUT2D eigenvalue weighted by molar-refractivity contribution is -0.155. The largest absolute Gasteiger partial charge is 0.479 e. The Kier molecular flexibility index (Phi) is 6.22. The quantitative estimate of drug-likeness (QED) is 0.570. The highest BCUT2D eigenvalue weighted by atomic mass is 28.3. The van der Waals surface area contributed by atoms with E-state index in [4.69, 9.17) is 9.47 Å². The topological polar surface area (TPSA) is 76.1 Å². The Bertz CT molecular complexity index is 837. The molecule has 1 aromatic carbocycles. The van der Waals surface area contributed by atoms with Gasteiger partial charge in [-0.1, -0.05) is 37.7 Å². The molecule has 1 N–H and O–H groups in total. The normalized spacial score (nSPS) is 21.3. The Balaban J connectivity index is 2.44. The van der Waals surface area contributed by atoms with E-state index < -0.39 is 43.6 Å². The number of carbonyl (C=O) groups is 2. The van der Waals surface area contributed by atoms with Crippen LogP contribution in [0.25, 0.3) is 0 Å². The summed E-state index contributed by atoms with van der Waals surface area (Å²) in [5.41, 5.74) is 2.97. The van der Waals surface area contributed by atoms with E-state index in [-0.39, 0.29) is 0 Å². The molecule has 0 bridgehead atoms. The van der Waals surface area contributed by atoms with Crippen LogP contribution >= 0.6 is 0 Å². The number of hydrogen-bond donors (Lipinski definition) is 1. The maximum atomic E-state index is 12.9. The van der Waals surface area contributed by atoms with E-state index in [1.165, 1.54) is 4.90 Å². The number of amides is 1. The molecule has 6 nitrogen and oxygen atoms in total. The van der Waals surface area contributed by atoms with Gasteiger partial charge in [0.25, 0.3) is 0 Å². The number of carbonyl (C=O) groups excluding carboxylic acids is 1. The molecule has 0 saturated carbocycles. The van der Waals surface area contributed by atoms with Crippen molar-refractivity contribution in [3.05, 3.63) is 35.4 Å². The Morgan fingerprint density at radius 1 is 1.17 bits per heavy atom. The molecular formula is C22H31NO5Si. The van der Waals surface area contributed by atoms with Crippen molar-refractivity contribution in [2.75, 3.05) is 0 Å². The fraction of sp³-hybridized carbons (Fsp3) is 0.545. The minimum Gasteiger partial charge on any atom is -0.479 e. The number of rotatable bonds is 2. The van der Waals surface area contributed by atoms with Crippen molar-refractivity contribution in [1.29, 1.82) is 0 Å². The zero-order valence-electron chi connectivity index (χ0n) is 18.5. The summed E-state index contributed by atoms with van der Waals surface area (Å²) in [5, 5.41) is 9.72. The van der Waals surface area contributed by atoms with Crippen LogP contribution in [0.15, 0.2) is 24.3 Å². The number of carboxylic acids is 1. The average molecular weight is 418 g/mol. The minimum atomic E-state index is -1.50. The zero-order valence-corrected chi connectivity index (χ0v) is 19.5. The molecule has 0 unspecified atom stereocenters. The van der Waals surface area contributed by atoms with Gasteiger partial charge in [-0.25, -0.2) is 9.59 Å². The summed E-state index contributed by atoms with van der Waals surface area (Å²) in [4.78, 5) is 26.2.